The van der Waals surface area contributed by atoms with Gasteiger partial charge in [-0.1, -0.05) is 36.8 Å². The third kappa shape index (κ3) is 2.36. The highest BCUT2D eigenvalue weighted by molar-refractivity contribution is 7.10. The molecule has 1 heterocycles. The lowest BCUT2D eigenvalue weighted by Crippen LogP contribution is -2.23. The smallest absolute Gasteiger partial charge is 0.142 e. The van der Waals surface area contributed by atoms with Crippen molar-refractivity contribution in [2.75, 3.05) is 0 Å². The number of hydrogen-bond acceptors (Lipinski definition) is 3. The Kier molecular flexibility index (Phi) is 3.24. The Balaban J connectivity index is 1.71. The monoisotopic (exact) mass is 257 g/mol. The molecule has 1 aliphatic carbocycles. The highest BCUT2D eigenvalue weighted by Crippen LogP contribution is 2.29. The van der Waals surface area contributed by atoms with E-state index >= 15 is 0 Å². The number of ketones is 1. The van der Waals surface area contributed by atoms with Gasteiger partial charge < -0.3 is 0 Å². The Hall–Kier alpha value is -1.48. The summed E-state index contributed by atoms with van der Waals surface area (Å²) in [6.07, 6.45) is 3.89. The van der Waals surface area contributed by atoms with E-state index in [-0.39, 0.29) is 0 Å². The lowest BCUT2D eigenvalue weighted by Gasteiger charge is -2.23. The van der Waals surface area contributed by atoms with Crippen molar-refractivity contribution in [2.24, 2.45) is 5.92 Å². The predicted molar refractivity (Wildman–Crippen MR) is 73.6 cm³/mol. The van der Waals surface area contributed by atoms with Crippen molar-refractivity contribution in [3.63, 3.8) is 0 Å². The molecule has 0 unspecified atom stereocenters. The molecule has 0 radical (unpaired) electrons. The largest absolute Gasteiger partial charge is 0.299 e. The summed E-state index contributed by atoms with van der Waals surface area (Å²) in [6.45, 7) is 0. The lowest BCUT2D eigenvalue weighted by molar-refractivity contribution is -0.124. The van der Waals surface area contributed by atoms with Crippen LogP contribution in [-0.2, 0) is 11.2 Å². The Morgan fingerprint density at radius 1 is 1.28 bits per heavy atom. The molecule has 1 aliphatic rings. The molecular weight excluding hydrogens is 242 g/mol. The van der Waals surface area contributed by atoms with Crippen molar-refractivity contribution >= 4 is 17.1 Å². The molecule has 0 bridgehead atoms. The first-order valence-electron chi connectivity index (χ1n) is 6.35. The minimum absolute atomic E-state index is 0.314. The van der Waals surface area contributed by atoms with E-state index in [1.807, 2.05) is 35.7 Å². The van der Waals surface area contributed by atoms with Crippen molar-refractivity contribution in [1.29, 1.82) is 0 Å². The number of hydrogen-bond donors (Lipinski definition) is 0. The van der Waals surface area contributed by atoms with Crippen LogP contribution in [0.2, 0.25) is 0 Å². The second-order valence-electron chi connectivity index (χ2n) is 4.76. The van der Waals surface area contributed by atoms with Gasteiger partial charge in [0, 0.05) is 16.9 Å². The van der Waals surface area contributed by atoms with E-state index in [4.69, 9.17) is 0 Å². The summed E-state index contributed by atoms with van der Waals surface area (Å²) in [5.74, 6) is 0.685. The van der Waals surface area contributed by atoms with Gasteiger partial charge in [0.1, 0.15) is 10.8 Å². The van der Waals surface area contributed by atoms with Gasteiger partial charge in [-0.15, -0.1) is 11.3 Å². The maximum absolute atomic E-state index is 11.9. The molecule has 0 aliphatic heterocycles. The molecule has 1 saturated carbocycles. The van der Waals surface area contributed by atoms with Crippen LogP contribution in [0.5, 0.6) is 0 Å². The minimum Gasteiger partial charge on any atom is -0.299 e. The van der Waals surface area contributed by atoms with Crippen LogP contribution in [-0.4, -0.2) is 10.8 Å². The molecule has 2 nitrogen and oxygen atoms in total. The Morgan fingerprint density at radius 3 is 2.72 bits per heavy atom. The Bertz CT molecular complexity index is 543. The minimum atomic E-state index is 0.314. The molecular formula is C15H15NOS. The van der Waals surface area contributed by atoms with Crippen LogP contribution < -0.4 is 0 Å². The lowest BCUT2D eigenvalue weighted by atomic mass is 9.81. The van der Waals surface area contributed by atoms with Crippen LogP contribution in [0.3, 0.4) is 0 Å². The molecule has 2 aromatic rings. The van der Waals surface area contributed by atoms with E-state index in [0.29, 0.717) is 18.1 Å². The van der Waals surface area contributed by atoms with Crippen LogP contribution in [0.1, 0.15) is 24.3 Å². The molecule has 0 saturated heterocycles. The molecule has 3 rings (SSSR count). The zero-order chi connectivity index (χ0) is 12.4. The average molecular weight is 257 g/mol. The van der Waals surface area contributed by atoms with Crippen molar-refractivity contribution in [3.05, 3.63) is 40.7 Å². The fourth-order valence-corrected chi connectivity index (χ4v) is 2.97. The van der Waals surface area contributed by atoms with Crippen LogP contribution in [0.4, 0.5) is 0 Å². The second kappa shape index (κ2) is 5.02. The van der Waals surface area contributed by atoms with Crippen molar-refractivity contribution < 1.29 is 4.79 Å². The van der Waals surface area contributed by atoms with E-state index in [1.165, 1.54) is 6.42 Å². The summed E-state index contributed by atoms with van der Waals surface area (Å²) in [5, 5.41) is 2.99. The number of aromatic nitrogens is 1. The first-order chi connectivity index (χ1) is 8.83. The van der Waals surface area contributed by atoms with Gasteiger partial charge >= 0.3 is 0 Å². The zero-order valence-corrected chi connectivity index (χ0v) is 11.0. The fraction of sp³-hybridized carbons (Fsp3) is 0.333. The quantitative estimate of drug-likeness (QED) is 0.835. The SMILES string of the molecule is O=C(Cc1nc(-c2ccccc2)cs1)C1CCC1. The third-order valence-electron chi connectivity index (χ3n) is 3.51. The topological polar surface area (TPSA) is 30.0 Å². The molecule has 3 heteroatoms. The van der Waals surface area contributed by atoms with Gasteiger partial charge in [-0.25, -0.2) is 4.98 Å². The molecule has 0 spiro atoms. The van der Waals surface area contributed by atoms with Gasteiger partial charge in [0.05, 0.1) is 12.1 Å². The first kappa shape index (κ1) is 11.6. The highest BCUT2D eigenvalue weighted by atomic mass is 32.1. The van der Waals surface area contributed by atoms with Crippen LogP contribution in [0.25, 0.3) is 11.3 Å². The zero-order valence-electron chi connectivity index (χ0n) is 10.1. The van der Waals surface area contributed by atoms with Gasteiger partial charge in [0.25, 0.3) is 0 Å². The van der Waals surface area contributed by atoms with Gasteiger partial charge in [-0.2, -0.15) is 0 Å². The summed E-state index contributed by atoms with van der Waals surface area (Å²) >= 11 is 1.59. The van der Waals surface area contributed by atoms with Crippen LogP contribution >= 0.6 is 11.3 Å². The third-order valence-corrected chi connectivity index (χ3v) is 4.36. The van der Waals surface area contributed by atoms with Gasteiger partial charge in [-0.3, -0.25) is 4.79 Å². The molecule has 0 N–H and O–H groups in total. The van der Waals surface area contributed by atoms with Crippen molar-refractivity contribution in [2.45, 2.75) is 25.7 Å². The number of carbonyl (C=O) groups excluding carboxylic acids is 1. The molecule has 92 valence electrons. The highest BCUT2D eigenvalue weighted by Gasteiger charge is 2.25. The average Bonchev–Trinajstić information content (AvgIpc) is 2.76. The molecule has 0 atom stereocenters. The maximum Gasteiger partial charge on any atom is 0.142 e. The summed E-state index contributed by atoms with van der Waals surface area (Å²) < 4.78 is 0. The molecule has 0 amide bonds. The number of carbonyl (C=O) groups is 1. The van der Waals surface area contributed by atoms with Gasteiger partial charge in [-0.05, 0) is 12.8 Å². The van der Waals surface area contributed by atoms with Crippen molar-refractivity contribution in [1.82, 2.24) is 4.98 Å². The van der Waals surface area contributed by atoms with E-state index in [2.05, 4.69) is 4.98 Å². The molecule has 1 fully saturated rings. The summed E-state index contributed by atoms with van der Waals surface area (Å²) in [4.78, 5) is 16.5. The maximum atomic E-state index is 11.9. The molecule has 1 aromatic carbocycles. The fourth-order valence-electron chi connectivity index (χ4n) is 2.16. The van der Waals surface area contributed by atoms with E-state index in [1.54, 1.807) is 11.3 Å². The summed E-state index contributed by atoms with van der Waals surface area (Å²) in [5.41, 5.74) is 2.10. The predicted octanol–water partition coefficient (Wildman–Crippen LogP) is 3.72. The van der Waals surface area contributed by atoms with Crippen LogP contribution in [0.15, 0.2) is 35.7 Å². The Morgan fingerprint density at radius 2 is 2.06 bits per heavy atom. The van der Waals surface area contributed by atoms with E-state index < -0.39 is 0 Å². The summed E-state index contributed by atoms with van der Waals surface area (Å²) in [7, 11) is 0. The normalized spacial score (nSPS) is 15.3. The van der Waals surface area contributed by atoms with Gasteiger partial charge in [0.15, 0.2) is 0 Å². The van der Waals surface area contributed by atoms with Crippen LogP contribution in [0, 0.1) is 5.92 Å². The Labute approximate surface area is 111 Å². The molecule has 18 heavy (non-hydrogen) atoms. The van der Waals surface area contributed by atoms with E-state index in [9.17, 15) is 4.79 Å². The summed E-state index contributed by atoms with van der Waals surface area (Å²) in [6, 6.07) is 10.1. The van der Waals surface area contributed by atoms with E-state index in [0.717, 1.165) is 29.1 Å². The number of thiazole rings is 1. The number of nitrogens with zero attached hydrogens (tertiary/aromatic N) is 1. The standard InChI is InChI=1S/C15H15NOS/c17-14(12-7-4-8-12)9-15-16-13(10-18-15)11-5-2-1-3-6-11/h1-3,5-6,10,12H,4,7-9H2. The first-order valence-corrected chi connectivity index (χ1v) is 7.23. The number of benzene rings is 1. The van der Waals surface area contributed by atoms with Crippen molar-refractivity contribution in [3.8, 4) is 11.3 Å². The number of rotatable bonds is 4. The number of Topliss-reactive ketones (excluding diaryl/α,β-unsaturated/α-hetero) is 1. The molecule has 1 aromatic heterocycles. The second-order valence-corrected chi connectivity index (χ2v) is 5.71. The van der Waals surface area contributed by atoms with Gasteiger partial charge in [0.2, 0.25) is 0 Å².